The monoisotopic (exact) mass is 471 g/mol. The lowest BCUT2D eigenvalue weighted by atomic mass is 10.1. The zero-order valence-electron chi connectivity index (χ0n) is 19.2. The Bertz CT molecular complexity index is 1340. The summed E-state index contributed by atoms with van der Waals surface area (Å²) in [5, 5.41) is 14.8. The van der Waals surface area contributed by atoms with Crippen LogP contribution in [0.1, 0.15) is 28.8 Å². The molecule has 2 aromatic heterocycles. The molecule has 178 valence electrons. The molecule has 0 spiro atoms. The molecule has 0 unspecified atom stereocenters. The van der Waals surface area contributed by atoms with Crippen LogP contribution in [0.3, 0.4) is 0 Å². The second-order valence-corrected chi connectivity index (χ2v) is 7.84. The number of rotatable bonds is 9. The van der Waals surface area contributed by atoms with E-state index < -0.39 is 5.97 Å². The molecule has 0 saturated heterocycles. The maximum absolute atomic E-state index is 12.3. The Morgan fingerprint density at radius 1 is 1.00 bits per heavy atom. The van der Waals surface area contributed by atoms with E-state index in [1.165, 1.54) is 18.7 Å². The number of carboxylic acid groups (broad SMARTS) is 1. The number of pyridine rings is 1. The van der Waals surface area contributed by atoms with E-state index >= 15 is 0 Å². The highest BCUT2D eigenvalue weighted by Gasteiger charge is 2.13. The van der Waals surface area contributed by atoms with Gasteiger partial charge in [-0.1, -0.05) is 36.4 Å². The Morgan fingerprint density at radius 2 is 1.83 bits per heavy atom. The summed E-state index contributed by atoms with van der Waals surface area (Å²) in [6, 6.07) is 18.0. The molecule has 9 heteroatoms. The highest BCUT2D eigenvalue weighted by Crippen LogP contribution is 2.27. The van der Waals surface area contributed by atoms with Crippen LogP contribution in [0, 0.1) is 0 Å². The summed E-state index contributed by atoms with van der Waals surface area (Å²) >= 11 is 0. The second-order valence-electron chi connectivity index (χ2n) is 7.84. The van der Waals surface area contributed by atoms with E-state index in [2.05, 4.69) is 37.7 Å². The van der Waals surface area contributed by atoms with Gasteiger partial charge >= 0.3 is 12.0 Å². The summed E-state index contributed by atoms with van der Waals surface area (Å²) in [5.74, 6) is -0.505. The Hall–Kier alpha value is -4.53. The van der Waals surface area contributed by atoms with E-state index in [0.717, 1.165) is 19.3 Å². The van der Waals surface area contributed by atoms with E-state index in [9.17, 15) is 14.7 Å². The topological polar surface area (TPSA) is 126 Å². The molecule has 0 atom stereocenters. The number of amides is 2. The zero-order chi connectivity index (χ0) is 24.6. The van der Waals surface area contributed by atoms with Crippen molar-refractivity contribution in [3.63, 3.8) is 0 Å². The van der Waals surface area contributed by atoms with Gasteiger partial charge < -0.3 is 15.2 Å². The van der Waals surface area contributed by atoms with Crippen LogP contribution in [0.5, 0.6) is 5.75 Å². The average Bonchev–Trinajstić information content (AvgIpc) is 2.88. The fourth-order valence-electron chi connectivity index (χ4n) is 3.59. The fraction of sp³-hybridized carbons (Fsp3) is 0.192. The van der Waals surface area contributed by atoms with Gasteiger partial charge in [0.2, 0.25) is 0 Å². The first-order valence-electron chi connectivity index (χ1n) is 11.2. The van der Waals surface area contributed by atoms with Crippen LogP contribution < -0.4 is 15.4 Å². The molecule has 2 heterocycles. The number of hydrogen-bond acceptors (Lipinski definition) is 6. The Balaban J connectivity index is 1.38. The SMILES string of the molecule is COc1cc(-c2cnc3ccc(NC(=O)NCCCCc4ccccc4)nc3n2)ccc1C(=O)O. The minimum absolute atomic E-state index is 0.0562. The third kappa shape index (κ3) is 6.08. The van der Waals surface area contributed by atoms with Crippen LogP contribution in [-0.2, 0) is 6.42 Å². The number of carbonyl (C=O) groups is 2. The number of unbranched alkanes of at least 4 members (excludes halogenated alkanes) is 1. The third-order valence-corrected chi connectivity index (χ3v) is 5.40. The zero-order valence-corrected chi connectivity index (χ0v) is 19.2. The molecule has 0 aliphatic heterocycles. The number of hydrogen-bond donors (Lipinski definition) is 3. The molecule has 0 saturated carbocycles. The molecule has 4 aromatic rings. The van der Waals surface area contributed by atoms with Crippen LogP contribution in [0.15, 0.2) is 66.9 Å². The van der Waals surface area contributed by atoms with E-state index in [1.807, 2.05) is 18.2 Å². The lowest BCUT2D eigenvalue weighted by Gasteiger charge is -2.09. The first-order chi connectivity index (χ1) is 17.0. The van der Waals surface area contributed by atoms with Crippen molar-refractivity contribution in [2.45, 2.75) is 19.3 Å². The summed E-state index contributed by atoms with van der Waals surface area (Å²) in [6.07, 6.45) is 4.40. The predicted molar refractivity (Wildman–Crippen MR) is 133 cm³/mol. The number of aromatic nitrogens is 3. The number of aryl methyl sites for hydroxylation is 1. The van der Waals surface area contributed by atoms with Crippen molar-refractivity contribution in [2.75, 3.05) is 19.0 Å². The number of benzene rings is 2. The van der Waals surface area contributed by atoms with Crippen molar-refractivity contribution in [3.05, 3.63) is 78.0 Å². The molecule has 0 aliphatic carbocycles. The molecule has 4 rings (SSSR count). The smallest absolute Gasteiger partial charge is 0.339 e. The van der Waals surface area contributed by atoms with Crippen molar-refractivity contribution < 1.29 is 19.4 Å². The standard InChI is InChI=1S/C26H25N5O4/c1-35-22-15-18(10-11-19(22)25(32)33)21-16-28-20-12-13-23(30-24(20)29-21)31-26(34)27-14-6-5-9-17-7-3-2-4-8-17/h2-4,7-8,10-13,15-16H,5-6,9,14H2,1H3,(H,32,33)(H2,27,29,30,31,34). The van der Waals surface area contributed by atoms with Crippen molar-refractivity contribution in [1.29, 1.82) is 0 Å². The summed E-state index contributed by atoms with van der Waals surface area (Å²) in [5.41, 5.74) is 3.39. The largest absolute Gasteiger partial charge is 0.496 e. The molecule has 35 heavy (non-hydrogen) atoms. The maximum Gasteiger partial charge on any atom is 0.339 e. The number of urea groups is 1. The number of fused-ring (bicyclic) bond motifs is 1. The summed E-state index contributed by atoms with van der Waals surface area (Å²) in [6.45, 7) is 0.560. The minimum Gasteiger partial charge on any atom is -0.496 e. The molecule has 9 nitrogen and oxygen atoms in total. The van der Waals surface area contributed by atoms with E-state index in [1.54, 1.807) is 30.5 Å². The maximum atomic E-state index is 12.3. The molecule has 0 aliphatic rings. The van der Waals surface area contributed by atoms with Crippen molar-refractivity contribution in [2.24, 2.45) is 0 Å². The number of carbonyl (C=O) groups excluding carboxylic acids is 1. The van der Waals surface area contributed by atoms with Crippen LogP contribution >= 0.6 is 0 Å². The van der Waals surface area contributed by atoms with Gasteiger partial charge in [-0.25, -0.2) is 19.6 Å². The van der Waals surface area contributed by atoms with Gasteiger partial charge in [-0.15, -0.1) is 0 Å². The fourth-order valence-corrected chi connectivity index (χ4v) is 3.59. The number of aromatic carboxylic acids is 1. The van der Waals surface area contributed by atoms with Gasteiger partial charge in [0.25, 0.3) is 0 Å². The average molecular weight is 472 g/mol. The van der Waals surface area contributed by atoms with Gasteiger partial charge in [0, 0.05) is 12.1 Å². The number of nitrogens with zero attached hydrogens (tertiary/aromatic N) is 3. The number of anilines is 1. The molecule has 0 fully saturated rings. The summed E-state index contributed by atoms with van der Waals surface area (Å²) in [7, 11) is 1.41. The first-order valence-corrected chi connectivity index (χ1v) is 11.2. The molecule has 0 radical (unpaired) electrons. The summed E-state index contributed by atoms with van der Waals surface area (Å²) in [4.78, 5) is 36.9. The van der Waals surface area contributed by atoms with E-state index in [4.69, 9.17) is 4.74 Å². The van der Waals surface area contributed by atoms with Gasteiger partial charge in [0.15, 0.2) is 5.65 Å². The quantitative estimate of drug-likeness (QED) is 0.306. The van der Waals surface area contributed by atoms with Crippen molar-refractivity contribution >= 4 is 29.0 Å². The molecule has 2 aromatic carbocycles. The molecular formula is C26H25N5O4. The molecule has 0 bridgehead atoms. The molecular weight excluding hydrogens is 446 g/mol. The normalized spacial score (nSPS) is 10.7. The molecule has 2 amide bonds. The lowest BCUT2D eigenvalue weighted by molar-refractivity contribution is 0.0693. The number of methoxy groups -OCH3 is 1. The van der Waals surface area contributed by atoms with Gasteiger partial charge in [-0.3, -0.25) is 10.3 Å². The second kappa shape index (κ2) is 11.1. The highest BCUT2D eigenvalue weighted by molar-refractivity contribution is 5.92. The van der Waals surface area contributed by atoms with E-state index in [-0.39, 0.29) is 17.3 Å². The minimum atomic E-state index is -1.08. The van der Waals surface area contributed by atoms with Crippen LogP contribution in [0.2, 0.25) is 0 Å². The third-order valence-electron chi connectivity index (χ3n) is 5.40. The summed E-state index contributed by atoms with van der Waals surface area (Å²) < 4.78 is 5.19. The lowest BCUT2D eigenvalue weighted by Crippen LogP contribution is -2.29. The van der Waals surface area contributed by atoms with Gasteiger partial charge in [-0.05, 0) is 49.1 Å². The van der Waals surface area contributed by atoms with Gasteiger partial charge in [0.1, 0.15) is 22.6 Å². The van der Waals surface area contributed by atoms with E-state index in [0.29, 0.717) is 34.8 Å². The number of nitrogens with one attached hydrogen (secondary N) is 2. The Kier molecular flexibility index (Phi) is 7.47. The van der Waals surface area contributed by atoms with Crippen LogP contribution in [0.4, 0.5) is 10.6 Å². The molecule has 3 N–H and O–H groups in total. The van der Waals surface area contributed by atoms with Crippen LogP contribution in [0.25, 0.3) is 22.4 Å². The highest BCUT2D eigenvalue weighted by atomic mass is 16.5. The van der Waals surface area contributed by atoms with Crippen molar-refractivity contribution in [3.8, 4) is 17.0 Å². The van der Waals surface area contributed by atoms with Gasteiger partial charge in [0.05, 0.1) is 19.0 Å². The first kappa shape index (κ1) is 23.6. The number of ether oxygens (including phenoxy) is 1. The van der Waals surface area contributed by atoms with Crippen LogP contribution in [-0.4, -0.2) is 45.7 Å². The van der Waals surface area contributed by atoms with Crippen molar-refractivity contribution in [1.82, 2.24) is 20.3 Å². The predicted octanol–water partition coefficient (Wildman–Crippen LogP) is 4.54. The Morgan fingerprint density at radius 3 is 2.60 bits per heavy atom. The Labute approximate surface area is 202 Å². The number of carboxylic acids is 1. The van der Waals surface area contributed by atoms with Gasteiger partial charge in [-0.2, -0.15) is 0 Å².